The van der Waals surface area contributed by atoms with Crippen molar-refractivity contribution in [3.05, 3.63) is 35.4 Å². The molecule has 2 unspecified atom stereocenters. The third-order valence-electron chi connectivity index (χ3n) is 4.90. The highest BCUT2D eigenvalue weighted by atomic mass is 16.4. The second-order valence-electron chi connectivity index (χ2n) is 6.45. The zero-order valence-corrected chi connectivity index (χ0v) is 12.9. The SMILES string of the molecule is O=C(NC1CCC(C(=O)O)CC1)NC1c2ccccc2CC1O. The van der Waals surface area contributed by atoms with Crippen molar-refractivity contribution in [3.63, 3.8) is 0 Å². The average molecular weight is 318 g/mol. The van der Waals surface area contributed by atoms with Gasteiger partial charge in [0, 0.05) is 12.5 Å². The predicted molar refractivity (Wildman–Crippen MR) is 83.9 cm³/mol. The Kier molecular flexibility index (Phi) is 4.52. The molecule has 2 atom stereocenters. The van der Waals surface area contributed by atoms with Crippen LogP contribution in [0.3, 0.4) is 0 Å². The normalized spacial score (nSPS) is 29.6. The van der Waals surface area contributed by atoms with Gasteiger partial charge in [0.2, 0.25) is 0 Å². The van der Waals surface area contributed by atoms with Crippen molar-refractivity contribution in [2.45, 2.75) is 50.3 Å². The fourth-order valence-corrected chi connectivity index (χ4v) is 3.60. The molecule has 4 N–H and O–H groups in total. The standard InChI is InChI=1S/C17H22N2O4/c20-14-9-11-3-1-2-4-13(11)15(14)19-17(23)18-12-7-5-10(6-8-12)16(21)22/h1-4,10,12,14-15,20H,5-9H2,(H,21,22)(H2,18,19,23). The Hall–Kier alpha value is -2.08. The topological polar surface area (TPSA) is 98.7 Å². The molecule has 1 aromatic carbocycles. The number of nitrogens with one attached hydrogen (secondary N) is 2. The number of benzene rings is 1. The smallest absolute Gasteiger partial charge is 0.315 e. The van der Waals surface area contributed by atoms with Crippen molar-refractivity contribution >= 4 is 12.0 Å². The van der Waals surface area contributed by atoms with Gasteiger partial charge in [-0.3, -0.25) is 4.79 Å². The molecule has 1 aromatic rings. The van der Waals surface area contributed by atoms with E-state index in [1.54, 1.807) is 0 Å². The lowest BCUT2D eigenvalue weighted by atomic mass is 9.86. The molecule has 0 aromatic heterocycles. The maximum absolute atomic E-state index is 12.2. The van der Waals surface area contributed by atoms with Gasteiger partial charge in [0.1, 0.15) is 0 Å². The highest BCUT2D eigenvalue weighted by molar-refractivity contribution is 5.75. The van der Waals surface area contributed by atoms with E-state index in [0.717, 1.165) is 11.1 Å². The highest BCUT2D eigenvalue weighted by Gasteiger charge is 2.33. The summed E-state index contributed by atoms with van der Waals surface area (Å²) in [7, 11) is 0. The van der Waals surface area contributed by atoms with Crippen molar-refractivity contribution in [3.8, 4) is 0 Å². The van der Waals surface area contributed by atoms with Crippen molar-refractivity contribution in [1.29, 1.82) is 0 Å². The van der Waals surface area contributed by atoms with E-state index < -0.39 is 12.1 Å². The van der Waals surface area contributed by atoms with E-state index in [9.17, 15) is 14.7 Å². The van der Waals surface area contributed by atoms with E-state index in [1.807, 2.05) is 24.3 Å². The Balaban J connectivity index is 1.53. The fourth-order valence-electron chi connectivity index (χ4n) is 3.60. The average Bonchev–Trinajstić information content (AvgIpc) is 2.84. The lowest BCUT2D eigenvalue weighted by molar-refractivity contribution is -0.142. The van der Waals surface area contributed by atoms with Crippen LogP contribution >= 0.6 is 0 Å². The number of carboxylic acid groups (broad SMARTS) is 1. The third kappa shape index (κ3) is 3.47. The van der Waals surface area contributed by atoms with Crippen LogP contribution in [0.5, 0.6) is 0 Å². The van der Waals surface area contributed by atoms with Crippen LogP contribution in [0.4, 0.5) is 4.79 Å². The van der Waals surface area contributed by atoms with E-state index in [2.05, 4.69) is 10.6 Å². The van der Waals surface area contributed by atoms with Crippen LogP contribution in [0, 0.1) is 5.92 Å². The van der Waals surface area contributed by atoms with Crippen LogP contribution in [-0.2, 0) is 11.2 Å². The number of carbonyl (C=O) groups excluding carboxylic acids is 1. The fraction of sp³-hybridized carbons (Fsp3) is 0.529. The first-order valence-corrected chi connectivity index (χ1v) is 8.10. The van der Waals surface area contributed by atoms with Crippen molar-refractivity contribution < 1.29 is 19.8 Å². The summed E-state index contributed by atoms with van der Waals surface area (Å²) in [6, 6.07) is 7.02. The van der Waals surface area contributed by atoms with Gasteiger partial charge in [0.05, 0.1) is 18.1 Å². The van der Waals surface area contributed by atoms with E-state index in [0.29, 0.717) is 32.1 Å². The lowest BCUT2D eigenvalue weighted by Crippen LogP contribution is -2.46. The van der Waals surface area contributed by atoms with Crippen LogP contribution < -0.4 is 10.6 Å². The van der Waals surface area contributed by atoms with Crippen molar-refractivity contribution in [1.82, 2.24) is 10.6 Å². The summed E-state index contributed by atoms with van der Waals surface area (Å²) >= 11 is 0. The molecule has 0 aliphatic heterocycles. The van der Waals surface area contributed by atoms with E-state index >= 15 is 0 Å². The Bertz CT molecular complexity index is 596. The minimum absolute atomic E-state index is 0.000565. The molecule has 0 heterocycles. The van der Waals surface area contributed by atoms with E-state index in [1.165, 1.54) is 0 Å². The van der Waals surface area contributed by atoms with Gasteiger partial charge in [-0.1, -0.05) is 24.3 Å². The molecular formula is C17H22N2O4. The Morgan fingerprint density at radius 3 is 2.43 bits per heavy atom. The molecule has 124 valence electrons. The number of aliphatic hydroxyl groups is 1. The molecule has 1 fully saturated rings. The second-order valence-corrected chi connectivity index (χ2v) is 6.45. The van der Waals surface area contributed by atoms with Gasteiger partial charge >= 0.3 is 12.0 Å². The number of fused-ring (bicyclic) bond motifs is 1. The van der Waals surface area contributed by atoms with Crippen LogP contribution in [0.15, 0.2) is 24.3 Å². The molecule has 6 nitrogen and oxygen atoms in total. The number of aliphatic hydroxyl groups excluding tert-OH is 1. The highest BCUT2D eigenvalue weighted by Crippen LogP contribution is 2.31. The van der Waals surface area contributed by atoms with Crippen LogP contribution in [0.2, 0.25) is 0 Å². The van der Waals surface area contributed by atoms with Gasteiger partial charge in [-0.25, -0.2) is 4.79 Å². The van der Waals surface area contributed by atoms with Crippen LogP contribution in [0.1, 0.15) is 42.9 Å². The number of aliphatic carboxylic acids is 1. The summed E-state index contributed by atoms with van der Waals surface area (Å²) in [5.74, 6) is -1.04. The minimum Gasteiger partial charge on any atom is -0.481 e. The lowest BCUT2D eigenvalue weighted by Gasteiger charge is -2.28. The summed E-state index contributed by atoms with van der Waals surface area (Å²) in [6.45, 7) is 0. The third-order valence-corrected chi connectivity index (χ3v) is 4.90. The summed E-state index contributed by atoms with van der Waals surface area (Å²) in [6.07, 6.45) is 2.47. The van der Waals surface area contributed by atoms with E-state index in [4.69, 9.17) is 5.11 Å². The van der Waals surface area contributed by atoms with Crippen molar-refractivity contribution in [2.24, 2.45) is 5.92 Å². The number of carbonyl (C=O) groups is 2. The quantitative estimate of drug-likeness (QED) is 0.680. The Labute approximate surface area is 134 Å². The molecule has 2 aliphatic carbocycles. The monoisotopic (exact) mass is 318 g/mol. The van der Waals surface area contributed by atoms with Gasteiger partial charge in [-0.05, 0) is 36.8 Å². The minimum atomic E-state index is -0.751. The molecule has 2 aliphatic rings. The molecule has 3 rings (SSSR count). The largest absolute Gasteiger partial charge is 0.481 e. The van der Waals surface area contributed by atoms with Crippen LogP contribution in [-0.4, -0.2) is 34.4 Å². The molecule has 0 radical (unpaired) electrons. The summed E-state index contributed by atoms with van der Waals surface area (Å²) in [4.78, 5) is 23.1. The number of hydrogen-bond acceptors (Lipinski definition) is 3. The zero-order valence-electron chi connectivity index (χ0n) is 12.9. The molecule has 23 heavy (non-hydrogen) atoms. The molecule has 0 spiro atoms. The first-order valence-electron chi connectivity index (χ1n) is 8.10. The second kappa shape index (κ2) is 6.58. The summed E-state index contributed by atoms with van der Waals surface area (Å²) in [5, 5.41) is 24.9. The molecule has 2 amide bonds. The number of hydrogen-bond donors (Lipinski definition) is 4. The summed E-state index contributed by atoms with van der Waals surface area (Å²) < 4.78 is 0. The van der Waals surface area contributed by atoms with E-state index in [-0.39, 0.29) is 24.0 Å². The first kappa shape index (κ1) is 15.8. The molecule has 6 heteroatoms. The Morgan fingerprint density at radius 1 is 1.04 bits per heavy atom. The molecule has 0 saturated heterocycles. The maximum atomic E-state index is 12.2. The number of rotatable bonds is 3. The van der Waals surface area contributed by atoms with Gasteiger partial charge in [0.25, 0.3) is 0 Å². The molecule has 0 bridgehead atoms. The number of amides is 2. The van der Waals surface area contributed by atoms with Gasteiger partial charge < -0.3 is 20.8 Å². The zero-order chi connectivity index (χ0) is 16.4. The Morgan fingerprint density at radius 2 is 1.74 bits per heavy atom. The van der Waals surface area contributed by atoms with Crippen molar-refractivity contribution in [2.75, 3.05) is 0 Å². The predicted octanol–water partition coefficient (Wildman–Crippen LogP) is 1.59. The molecule has 1 saturated carbocycles. The van der Waals surface area contributed by atoms with Gasteiger partial charge in [-0.2, -0.15) is 0 Å². The van der Waals surface area contributed by atoms with Gasteiger partial charge in [-0.15, -0.1) is 0 Å². The summed E-state index contributed by atoms with van der Waals surface area (Å²) in [5.41, 5.74) is 2.03. The number of urea groups is 1. The number of carboxylic acids is 1. The van der Waals surface area contributed by atoms with Gasteiger partial charge in [0.15, 0.2) is 0 Å². The first-order chi connectivity index (χ1) is 11.0. The van der Waals surface area contributed by atoms with Crippen LogP contribution in [0.25, 0.3) is 0 Å². The molecular weight excluding hydrogens is 296 g/mol. The maximum Gasteiger partial charge on any atom is 0.315 e.